The highest BCUT2D eigenvalue weighted by Gasteiger charge is 2.31. The van der Waals surface area contributed by atoms with E-state index in [1.807, 2.05) is 17.2 Å². The molecule has 1 aromatic heterocycles. The molecule has 2 fully saturated rings. The number of piperidine rings is 1. The van der Waals surface area contributed by atoms with E-state index in [0.29, 0.717) is 38.7 Å². The Hall–Kier alpha value is -2.41. The Kier molecular flexibility index (Phi) is 7.60. The van der Waals surface area contributed by atoms with Crippen molar-refractivity contribution in [2.45, 2.75) is 50.6 Å². The van der Waals surface area contributed by atoms with Crippen LogP contribution < -0.4 is 5.73 Å². The van der Waals surface area contributed by atoms with E-state index in [0.717, 1.165) is 40.4 Å². The number of aromatic nitrogens is 1. The molecular weight excluding hydrogens is 453 g/mol. The summed E-state index contributed by atoms with van der Waals surface area (Å²) < 4.78 is 21.9. The van der Waals surface area contributed by atoms with Crippen LogP contribution in [0.5, 0.6) is 0 Å². The van der Waals surface area contributed by atoms with E-state index in [9.17, 15) is 9.18 Å². The van der Waals surface area contributed by atoms with Gasteiger partial charge < -0.3 is 19.9 Å². The molecular formula is C27H33ClFN3O2. The number of rotatable bonds is 7. The molecule has 1 saturated heterocycles. The lowest BCUT2D eigenvalue weighted by molar-refractivity contribution is 0.0714. The minimum Gasteiger partial charge on any atom is -0.383 e. The molecule has 0 radical (unpaired) electrons. The minimum atomic E-state index is -0.174. The Bertz CT molecular complexity index is 1170. The van der Waals surface area contributed by atoms with Crippen LogP contribution in [-0.2, 0) is 17.8 Å². The second-order valence-corrected chi connectivity index (χ2v) is 9.37. The van der Waals surface area contributed by atoms with Crippen molar-refractivity contribution in [2.75, 3.05) is 26.8 Å². The number of hydrogen-bond acceptors (Lipinski definition) is 3. The molecule has 2 aliphatic rings. The summed E-state index contributed by atoms with van der Waals surface area (Å²) in [6.07, 6.45) is 5.90. The molecule has 5 rings (SSSR count). The molecule has 0 spiro atoms. The summed E-state index contributed by atoms with van der Waals surface area (Å²) in [5.41, 5.74) is 10.6. The topological polar surface area (TPSA) is 60.5 Å². The molecule has 1 aliphatic carbocycles. The molecule has 2 heterocycles. The van der Waals surface area contributed by atoms with Crippen molar-refractivity contribution in [1.82, 2.24) is 9.47 Å². The Labute approximate surface area is 206 Å². The number of nitrogens with two attached hydrogens (primary N) is 1. The fourth-order valence-corrected chi connectivity index (χ4v) is 5.25. The Morgan fingerprint density at radius 3 is 2.50 bits per heavy atom. The van der Waals surface area contributed by atoms with Gasteiger partial charge in [0.2, 0.25) is 0 Å². The number of amides is 1. The lowest BCUT2D eigenvalue weighted by Crippen LogP contribution is -2.38. The maximum Gasteiger partial charge on any atom is 0.256 e. The van der Waals surface area contributed by atoms with E-state index in [1.54, 1.807) is 13.2 Å². The van der Waals surface area contributed by atoms with Crippen LogP contribution in [0.25, 0.3) is 10.9 Å². The van der Waals surface area contributed by atoms with Gasteiger partial charge >= 0.3 is 0 Å². The molecule has 0 unspecified atom stereocenters. The average molecular weight is 486 g/mol. The van der Waals surface area contributed by atoms with Crippen LogP contribution in [0.2, 0.25) is 0 Å². The maximum absolute atomic E-state index is 14.5. The Morgan fingerprint density at radius 2 is 1.82 bits per heavy atom. The average Bonchev–Trinajstić information content (AvgIpc) is 3.63. The van der Waals surface area contributed by atoms with Gasteiger partial charge in [-0.3, -0.25) is 4.79 Å². The summed E-state index contributed by atoms with van der Waals surface area (Å²) in [7, 11) is 1.70. The Balaban J connectivity index is 0.00000274. The van der Waals surface area contributed by atoms with Gasteiger partial charge in [-0.15, -0.1) is 12.4 Å². The molecule has 2 N–H and O–H groups in total. The largest absolute Gasteiger partial charge is 0.383 e. The molecule has 5 nitrogen and oxygen atoms in total. The normalized spacial score (nSPS) is 16.6. The third-order valence-electron chi connectivity index (χ3n) is 7.24. The molecule has 2 aromatic carbocycles. The van der Waals surface area contributed by atoms with Gasteiger partial charge in [-0.2, -0.15) is 0 Å². The fraction of sp³-hybridized carbons (Fsp3) is 0.444. The summed E-state index contributed by atoms with van der Waals surface area (Å²) in [5, 5.41) is 1.10. The van der Waals surface area contributed by atoms with E-state index in [4.69, 9.17) is 10.5 Å². The fourth-order valence-electron chi connectivity index (χ4n) is 5.25. The van der Waals surface area contributed by atoms with Crippen LogP contribution >= 0.6 is 12.4 Å². The van der Waals surface area contributed by atoms with Crippen LogP contribution in [0.4, 0.5) is 4.39 Å². The number of carbonyl (C=O) groups is 1. The molecule has 1 amide bonds. The number of halogens is 2. The Morgan fingerprint density at radius 1 is 1.09 bits per heavy atom. The number of hydrogen-bond donors (Lipinski definition) is 1. The van der Waals surface area contributed by atoms with Crippen molar-refractivity contribution in [3.8, 4) is 0 Å². The van der Waals surface area contributed by atoms with Gasteiger partial charge in [-0.25, -0.2) is 4.39 Å². The number of methoxy groups -OCH3 is 1. The first kappa shape index (κ1) is 24.7. The van der Waals surface area contributed by atoms with Gasteiger partial charge in [0.1, 0.15) is 5.82 Å². The number of fused-ring (bicyclic) bond motifs is 1. The monoisotopic (exact) mass is 485 g/mol. The standard InChI is InChI=1S/C27H32FN3O2.ClH/c1-33-14-13-31-17-23(26-21(19-6-7-19)3-2-4-25(26)31)27(32)30-11-9-20(10-12-30)22-15-18(16-29)5-8-24(22)28;/h2-5,8,15,17,19-20H,6-7,9-14,16,29H2,1H3;1H. The SMILES string of the molecule is COCCn1cc(C(=O)N2CCC(c3cc(CN)ccc3F)CC2)c2c(C3CC3)cccc21.Cl. The second-order valence-electron chi connectivity index (χ2n) is 9.37. The van der Waals surface area contributed by atoms with Gasteiger partial charge in [0.25, 0.3) is 5.91 Å². The van der Waals surface area contributed by atoms with Crippen LogP contribution in [0, 0.1) is 5.82 Å². The van der Waals surface area contributed by atoms with E-state index in [1.165, 1.54) is 24.5 Å². The third-order valence-corrected chi connectivity index (χ3v) is 7.24. The van der Waals surface area contributed by atoms with Crippen molar-refractivity contribution < 1.29 is 13.9 Å². The number of nitrogens with zero attached hydrogens (tertiary/aromatic N) is 2. The maximum atomic E-state index is 14.5. The van der Waals surface area contributed by atoms with Crippen molar-refractivity contribution in [3.05, 3.63) is 70.7 Å². The van der Waals surface area contributed by atoms with Crippen molar-refractivity contribution in [2.24, 2.45) is 5.73 Å². The molecule has 0 atom stereocenters. The molecule has 0 bridgehead atoms. The number of likely N-dealkylation sites (tertiary alicyclic amines) is 1. The van der Waals surface area contributed by atoms with E-state index in [2.05, 4.69) is 22.8 Å². The minimum absolute atomic E-state index is 0. The van der Waals surface area contributed by atoms with Crippen molar-refractivity contribution >= 4 is 29.2 Å². The molecule has 3 aromatic rings. The third kappa shape index (κ3) is 4.72. The second kappa shape index (κ2) is 10.5. The van der Waals surface area contributed by atoms with E-state index in [-0.39, 0.29) is 30.0 Å². The van der Waals surface area contributed by atoms with E-state index >= 15 is 0 Å². The van der Waals surface area contributed by atoms with Crippen LogP contribution in [0.1, 0.15) is 64.6 Å². The zero-order valence-electron chi connectivity index (χ0n) is 19.6. The zero-order valence-corrected chi connectivity index (χ0v) is 20.5. The molecule has 34 heavy (non-hydrogen) atoms. The highest BCUT2D eigenvalue weighted by Crippen LogP contribution is 2.44. The molecule has 7 heteroatoms. The molecule has 182 valence electrons. The summed E-state index contributed by atoms with van der Waals surface area (Å²) in [5.74, 6) is 0.582. The van der Waals surface area contributed by atoms with Gasteiger partial charge in [-0.1, -0.05) is 24.3 Å². The first-order valence-corrected chi connectivity index (χ1v) is 12.0. The van der Waals surface area contributed by atoms with Gasteiger partial charge in [-0.05, 0) is 66.3 Å². The van der Waals surface area contributed by atoms with Gasteiger partial charge in [0.05, 0.1) is 12.2 Å². The van der Waals surface area contributed by atoms with Crippen LogP contribution in [-0.4, -0.2) is 42.2 Å². The van der Waals surface area contributed by atoms with Crippen LogP contribution in [0.3, 0.4) is 0 Å². The smallest absolute Gasteiger partial charge is 0.256 e. The summed E-state index contributed by atoms with van der Waals surface area (Å²) in [6, 6.07) is 11.5. The van der Waals surface area contributed by atoms with E-state index < -0.39 is 0 Å². The first-order valence-electron chi connectivity index (χ1n) is 12.0. The number of benzene rings is 2. The zero-order chi connectivity index (χ0) is 22.9. The first-order chi connectivity index (χ1) is 16.1. The lowest BCUT2D eigenvalue weighted by Gasteiger charge is -2.32. The molecule has 1 saturated carbocycles. The van der Waals surface area contributed by atoms with Crippen LogP contribution in [0.15, 0.2) is 42.6 Å². The lowest BCUT2D eigenvalue weighted by atomic mass is 9.88. The summed E-state index contributed by atoms with van der Waals surface area (Å²) in [6.45, 7) is 2.98. The predicted molar refractivity (Wildman–Crippen MR) is 135 cm³/mol. The highest BCUT2D eigenvalue weighted by atomic mass is 35.5. The number of carbonyl (C=O) groups excluding carboxylic acids is 1. The number of ether oxygens (including phenoxy) is 1. The van der Waals surface area contributed by atoms with Crippen molar-refractivity contribution in [1.29, 1.82) is 0 Å². The van der Waals surface area contributed by atoms with Gasteiger partial charge in [0, 0.05) is 50.4 Å². The molecule has 1 aliphatic heterocycles. The summed E-state index contributed by atoms with van der Waals surface area (Å²) >= 11 is 0. The quantitative estimate of drug-likeness (QED) is 0.500. The predicted octanol–water partition coefficient (Wildman–Crippen LogP) is 5.20. The van der Waals surface area contributed by atoms with Gasteiger partial charge in [0.15, 0.2) is 0 Å². The summed E-state index contributed by atoms with van der Waals surface area (Å²) in [4.78, 5) is 15.6. The van der Waals surface area contributed by atoms with Crippen molar-refractivity contribution in [3.63, 3.8) is 0 Å². The highest BCUT2D eigenvalue weighted by molar-refractivity contribution is 6.08.